The second kappa shape index (κ2) is 14.8. The van der Waals surface area contributed by atoms with Gasteiger partial charge in [0.1, 0.15) is 18.5 Å². The van der Waals surface area contributed by atoms with Crippen LogP contribution in [0.1, 0.15) is 32.7 Å². The van der Waals surface area contributed by atoms with Crippen molar-refractivity contribution in [3.63, 3.8) is 0 Å². The molecule has 2 aromatic carbocycles. The molecule has 0 unspecified atom stereocenters. The monoisotopic (exact) mass is 706 g/mol. The average Bonchev–Trinajstić information content (AvgIpc) is 2.97. The molecular weight excluding hydrogens is 676 g/mol. The van der Waals surface area contributed by atoms with Gasteiger partial charge in [-0.2, -0.15) is 13.2 Å². The van der Waals surface area contributed by atoms with Crippen LogP contribution in [0.2, 0.25) is 0 Å². The van der Waals surface area contributed by atoms with Gasteiger partial charge >= 0.3 is 6.18 Å². The maximum Gasteiger partial charge on any atom is 0.416 e. The first-order valence-corrected chi connectivity index (χ1v) is 13.8. The molecule has 3 rings (SSSR count). The van der Waals surface area contributed by atoms with Gasteiger partial charge in [0.05, 0.1) is 35.5 Å². The number of aliphatic hydroxyl groups excluding tert-OH is 2. The van der Waals surface area contributed by atoms with Crippen molar-refractivity contribution in [3.05, 3.63) is 68.3 Å². The van der Waals surface area contributed by atoms with Crippen LogP contribution in [0.4, 0.5) is 13.2 Å². The fourth-order valence-electron chi connectivity index (χ4n) is 4.41. The molecule has 1 aliphatic carbocycles. The predicted octanol–water partition coefficient (Wildman–Crippen LogP) is 2.84. The Morgan fingerprint density at radius 1 is 1.19 bits per heavy atom. The van der Waals surface area contributed by atoms with Crippen molar-refractivity contribution in [1.29, 1.82) is 0 Å². The van der Waals surface area contributed by atoms with Crippen LogP contribution < -0.4 is 14.8 Å². The highest BCUT2D eigenvalue weighted by Crippen LogP contribution is 2.37. The first kappa shape index (κ1) is 33.3. The number of amides is 2. The summed E-state index contributed by atoms with van der Waals surface area (Å²) < 4.78 is 56.4. The topological polar surface area (TPSA) is 135 Å². The number of hydrogen-bond donors (Lipinski definition) is 3. The van der Waals surface area contributed by atoms with E-state index >= 15 is 0 Å². The van der Waals surface area contributed by atoms with Gasteiger partial charge in [0.15, 0.2) is 11.5 Å². The Hall–Kier alpha value is -3.21. The van der Waals surface area contributed by atoms with Gasteiger partial charge in [-0.3, -0.25) is 14.4 Å². The standard InChI is InChI=1S/C28H30F3IN2O8/c1-40-10-8-34(27(39)17-3-5-19(6-4-17)28(29,30)31)21-13-18(26(38)33-7-9-35)14-22(24(21)37)42-25-20(32)11-16(15-36)12-23(25)41-2/h3-6,11-12,14-15,21-22,24,35,37H,7-10,13H2,1-2H3,(H,33,38)/t21-,22+,24+/m1/s1. The number of aldehydes is 1. The molecule has 0 saturated carbocycles. The molecule has 0 saturated heterocycles. The van der Waals surface area contributed by atoms with E-state index in [1.54, 1.807) is 0 Å². The van der Waals surface area contributed by atoms with E-state index in [1.807, 2.05) is 22.6 Å². The van der Waals surface area contributed by atoms with E-state index in [-0.39, 0.29) is 55.4 Å². The molecule has 0 spiro atoms. The first-order valence-electron chi connectivity index (χ1n) is 12.7. The van der Waals surface area contributed by atoms with Crippen molar-refractivity contribution in [3.8, 4) is 11.5 Å². The second-order valence-electron chi connectivity index (χ2n) is 9.23. The summed E-state index contributed by atoms with van der Waals surface area (Å²) in [5, 5.41) is 23.2. The zero-order valence-electron chi connectivity index (χ0n) is 22.7. The van der Waals surface area contributed by atoms with Crippen molar-refractivity contribution in [2.75, 3.05) is 40.5 Å². The number of alkyl halides is 3. The van der Waals surface area contributed by atoms with Gasteiger partial charge in [-0.15, -0.1) is 0 Å². The average molecular weight is 706 g/mol. The van der Waals surface area contributed by atoms with Crippen LogP contribution in [0, 0.1) is 3.57 Å². The van der Waals surface area contributed by atoms with Crippen LogP contribution in [0.25, 0.3) is 0 Å². The van der Waals surface area contributed by atoms with Crippen molar-refractivity contribution in [1.82, 2.24) is 10.2 Å². The lowest BCUT2D eigenvalue weighted by atomic mass is 9.87. The maximum atomic E-state index is 13.6. The summed E-state index contributed by atoms with van der Waals surface area (Å²) in [5.41, 5.74) is -0.531. The number of ether oxygens (including phenoxy) is 3. The number of carbonyl (C=O) groups is 3. The highest BCUT2D eigenvalue weighted by atomic mass is 127. The van der Waals surface area contributed by atoms with Crippen LogP contribution in [0.3, 0.4) is 0 Å². The Kier molecular flexibility index (Phi) is 11.7. The van der Waals surface area contributed by atoms with Crippen molar-refractivity contribution in [2.45, 2.75) is 30.8 Å². The van der Waals surface area contributed by atoms with Gasteiger partial charge in [0.2, 0.25) is 5.91 Å². The third kappa shape index (κ3) is 7.99. The van der Waals surface area contributed by atoms with Crippen molar-refractivity contribution >= 4 is 40.7 Å². The number of carbonyl (C=O) groups excluding carboxylic acids is 3. The molecule has 0 bridgehead atoms. The Labute approximate surface area is 253 Å². The molecule has 0 fully saturated rings. The molecule has 0 aliphatic heterocycles. The number of nitrogens with zero attached hydrogens (tertiary/aromatic N) is 1. The number of rotatable bonds is 12. The van der Waals surface area contributed by atoms with E-state index in [9.17, 15) is 32.7 Å². The lowest BCUT2D eigenvalue weighted by Crippen LogP contribution is -2.55. The number of halogens is 4. The first-order chi connectivity index (χ1) is 19.9. The Balaban J connectivity index is 2.03. The largest absolute Gasteiger partial charge is 0.493 e. The third-order valence-electron chi connectivity index (χ3n) is 6.51. The molecule has 10 nitrogen and oxygen atoms in total. The summed E-state index contributed by atoms with van der Waals surface area (Å²) in [4.78, 5) is 39.1. The van der Waals surface area contributed by atoms with E-state index in [0.717, 1.165) is 24.3 Å². The Morgan fingerprint density at radius 3 is 2.45 bits per heavy atom. The van der Waals surface area contributed by atoms with Crippen LogP contribution in [-0.2, 0) is 15.7 Å². The van der Waals surface area contributed by atoms with E-state index in [2.05, 4.69) is 5.32 Å². The van der Waals surface area contributed by atoms with Gasteiger partial charge in [0, 0.05) is 43.3 Å². The zero-order valence-corrected chi connectivity index (χ0v) is 24.8. The second-order valence-corrected chi connectivity index (χ2v) is 10.4. The van der Waals surface area contributed by atoms with E-state index in [4.69, 9.17) is 19.3 Å². The Bertz CT molecular complexity index is 1300. The van der Waals surface area contributed by atoms with Gasteiger partial charge < -0.3 is 34.6 Å². The van der Waals surface area contributed by atoms with Crippen LogP contribution in [0.5, 0.6) is 11.5 Å². The van der Waals surface area contributed by atoms with Crippen molar-refractivity contribution < 1.29 is 52.0 Å². The minimum Gasteiger partial charge on any atom is -0.493 e. The molecule has 0 aromatic heterocycles. The van der Waals surface area contributed by atoms with E-state index in [0.29, 0.717) is 15.4 Å². The van der Waals surface area contributed by atoms with Gasteiger partial charge in [-0.25, -0.2) is 0 Å². The quantitative estimate of drug-likeness (QED) is 0.227. The summed E-state index contributed by atoms with van der Waals surface area (Å²) in [6.45, 7) is -0.414. The number of aliphatic hydroxyl groups is 2. The molecule has 42 heavy (non-hydrogen) atoms. The molecule has 14 heteroatoms. The third-order valence-corrected chi connectivity index (χ3v) is 7.31. The fraction of sp³-hybridized carbons (Fsp3) is 0.393. The summed E-state index contributed by atoms with van der Waals surface area (Å²) in [5.74, 6) is -0.892. The molecule has 3 N–H and O–H groups in total. The van der Waals surface area contributed by atoms with Gasteiger partial charge in [0.25, 0.3) is 5.91 Å². The van der Waals surface area contributed by atoms with Gasteiger partial charge in [-0.05, 0) is 65.1 Å². The highest BCUT2D eigenvalue weighted by Gasteiger charge is 2.41. The molecule has 3 atom stereocenters. The summed E-state index contributed by atoms with van der Waals surface area (Å²) >= 11 is 1.93. The maximum absolute atomic E-state index is 13.6. The number of methoxy groups -OCH3 is 2. The normalized spacial score (nSPS) is 18.6. The summed E-state index contributed by atoms with van der Waals surface area (Å²) in [6, 6.07) is 5.56. The fourth-order valence-corrected chi connectivity index (χ4v) is 5.17. The predicted molar refractivity (Wildman–Crippen MR) is 152 cm³/mol. The lowest BCUT2D eigenvalue weighted by molar-refractivity contribution is -0.137. The Morgan fingerprint density at radius 2 is 1.88 bits per heavy atom. The summed E-state index contributed by atoms with van der Waals surface area (Å²) in [6.07, 6.45) is -5.31. The lowest BCUT2D eigenvalue weighted by Gasteiger charge is -2.40. The number of benzene rings is 2. The SMILES string of the molecule is COCCN(C(=O)c1ccc(C(F)(F)F)cc1)[C@@H]1CC(C(=O)NCCO)=C[C@H](Oc2c(I)cc(C=O)cc2OC)[C@H]1O. The van der Waals surface area contributed by atoms with Crippen LogP contribution in [-0.4, -0.2) is 92.0 Å². The molecule has 0 radical (unpaired) electrons. The molecule has 1 aliphatic rings. The number of hydrogen-bond acceptors (Lipinski definition) is 8. The minimum absolute atomic E-state index is 0.0236. The molecule has 2 aromatic rings. The van der Waals surface area contributed by atoms with Crippen LogP contribution in [0.15, 0.2) is 48.0 Å². The van der Waals surface area contributed by atoms with Crippen LogP contribution >= 0.6 is 22.6 Å². The molecular formula is C28H30F3IN2O8. The van der Waals surface area contributed by atoms with Gasteiger partial charge in [-0.1, -0.05) is 0 Å². The molecule has 0 heterocycles. The summed E-state index contributed by atoms with van der Waals surface area (Å²) in [7, 11) is 2.76. The smallest absolute Gasteiger partial charge is 0.416 e. The minimum atomic E-state index is -4.59. The zero-order chi connectivity index (χ0) is 31.0. The molecule has 2 amide bonds. The molecule has 228 valence electrons. The number of nitrogens with one attached hydrogen (secondary N) is 1. The highest BCUT2D eigenvalue weighted by molar-refractivity contribution is 14.1. The van der Waals surface area contributed by atoms with Crippen molar-refractivity contribution in [2.24, 2.45) is 0 Å². The van der Waals surface area contributed by atoms with E-state index < -0.39 is 41.8 Å². The van der Waals surface area contributed by atoms with E-state index in [1.165, 1.54) is 37.3 Å².